The van der Waals surface area contributed by atoms with Crippen LogP contribution in [0.15, 0.2) is 59.5 Å². The van der Waals surface area contributed by atoms with Crippen LogP contribution in [0.4, 0.5) is 0 Å². The van der Waals surface area contributed by atoms with Crippen LogP contribution < -0.4 is 5.32 Å². The fourth-order valence-electron chi connectivity index (χ4n) is 4.17. The Morgan fingerprint density at radius 3 is 2.42 bits per heavy atom. The third-order valence-electron chi connectivity index (χ3n) is 6.02. The second-order valence-corrected chi connectivity index (χ2v) is 9.44. The number of nitrogens with one attached hydrogen (secondary N) is 1. The Balaban J connectivity index is 1.71. The van der Waals surface area contributed by atoms with E-state index in [1.807, 2.05) is 37.3 Å². The van der Waals surface area contributed by atoms with E-state index in [1.54, 1.807) is 16.7 Å². The fourth-order valence-corrected chi connectivity index (χ4v) is 5.04. The molecule has 1 N–H and O–H groups in total. The van der Waals surface area contributed by atoms with Crippen molar-refractivity contribution in [3.8, 4) is 0 Å². The topological polar surface area (TPSA) is 49.4 Å². The van der Waals surface area contributed by atoms with Crippen LogP contribution in [-0.2, 0) is 16.1 Å². The molecule has 2 amide bonds. The summed E-state index contributed by atoms with van der Waals surface area (Å²) in [5.41, 5.74) is 2.24. The van der Waals surface area contributed by atoms with Crippen molar-refractivity contribution in [1.29, 1.82) is 0 Å². The van der Waals surface area contributed by atoms with E-state index in [9.17, 15) is 9.59 Å². The van der Waals surface area contributed by atoms with Gasteiger partial charge in [0, 0.05) is 29.7 Å². The lowest BCUT2D eigenvalue weighted by atomic mass is 10.1. The Kier molecular flexibility index (Phi) is 9.01. The summed E-state index contributed by atoms with van der Waals surface area (Å²) in [5.74, 6) is 0.737. The van der Waals surface area contributed by atoms with Gasteiger partial charge in [-0.25, -0.2) is 0 Å². The molecule has 0 radical (unpaired) electrons. The summed E-state index contributed by atoms with van der Waals surface area (Å²) < 4.78 is 0. The van der Waals surface area contributed by atoms with Crippen molar-refractivity contribution in [2.24, 2.45) is 0 Å². The molecule has 1 atom stereocenters. The molecule has 1 aliphatic rings. The highest BCUT2D eigenvalue weighted by molar-refractivity contribution is 7.99. The van der Waals surface area contributed by atoms with Crippen LogP contribution in [0.2, 0.25) is 0 Å². The number of benzene rings is 2. The summed E-state index contributed by atoms with van der Waals surface area (Å²) in [6.45, 7) is 4.52. The first-order chi connectivity index (χ1) is 15.1. The lowest BCUT2D eigenvalue weighted by Gasteiger charge is -2.32. The Morgan fingerprint density at radius 2 is 1.74 bits per heavy atom. The molecule has 1 aliphatic carbocycles. The van der Waals surface area contributed by atoms with Crippen LogP contribution in [0.3, 0.4) is 0 Å². The summed E-state index contributed by atoms with van der Waals surface area (Å²) in [7, 11) is 0. The molecule has 0 aromatic heterocycles. The number of amides is 2. The summed E-state index contributed by atoms with van der Waals surface area (Å²) in [4.78, 5) is 29.4. The Bertz CT molecular complexity index is 849. The first-order valence-corrected chi connectivity index (χ1v) is 12.4. The zero-order valence-electron chi connectivity index (χ0n) is 18.7. The van der Waals surface area contributed by atoms with Gasteiger partial charge in [-0.1, -0.05) is 62.2 Å². The molecule has 0 unspecified atom stereocenters. The number of hydrogen-bond acceptors (Lipinski definition) is 3. The summed E-state index contributed by atoms with van der Waals surface area (Å²) >= 11 is 1.68. The van der Waals surface area contributed by atoms with E-state index >= 15 is 0 Å². The molecule has 2 aromatic carbocycles. The minimum atomic E-state index is -0.436. The molecule has 166 valence electrons. The van der Waals surface area contributed by atoms with Crippen molar-refractivity contribution in [1.82, 2.24) is 10.2 Å². The molecule has 0 spiro atoms. The van der Waals surface area contributed by atoms with E-state index in [4.69, 9.17) is 0 Å². The van der Waals surface area contributed by atoms with E-state index in [0.29, 0.717) is 25.1 Å². The summed E-state index contributed by atoms with van der Waals surface area (Å²) in [6, 6.07) is 18.1. The fraction of sp³-hybridized carbons (Fsp3) is 0.462. The van der Waals surface area contributed by atoms with Gasteiger partial charge in [0.25, 0.3) is 0 Å². The molecule has 5 heteroatoms. The van der Waals surface area contributed by atoms with Crippen LogP contribution in [0, 0.1) is 6.92 Å². The molecule has 0 bridgehead atoms. The maximum atomic E-state index is 13.3. The Labute approximate surface area is 190 Å². The van der Waals surface area contributed by atoms with Crippen LogP contribution >= 0.6 is 11.8 Å². The molecule has 2 aromatic rings. The van der Waals surface area contributed by atoms with E-state index in [0.717, 1.165) is 28.9 Å². The molecular weight excluding hydrogens is 404 g/mol. The predicted molar refractivity (Wildman–Crippen MR) is 128 cm³/mol. The largest absolute Gasteiger partial charge is 0.352 e. The van der Waals surface area contributed by atoms with Gasteiger partial charge in [-0.05, 0) is 49.4 Å². The van der Waals surface area contributed by atoms with Gasteiger partial charge in [0.05, 0.1) is 0 Å². The molecule has 3 rings (SSSR count). The van der Waals surface area contributed by atoms with Gasteiger partial charge in [0.1, 0.15) is 6.04 Å². The second-order valence-electron chi connectivity index (χ2n) is 8.27. The van der Waals surface area contributed by atoms with Crippen molar-refractivity contribution in [2.75, 3.05) is 5.75 Å². The number of thioether (sulfide) groups is 1. The quantitative estimate of drug-likeness (QED) is 0.509. The monoisotopic (exact) mass is 438 g/mol. The Hall–Kier alpha value is -2.27. The standard InChI is InChI=1S/C26H34N2O2S/c1-3-24(26(30)27-22-13-9-10-14-22)28(19-21-12-8-7-11-20(21)2)25(29)17-18-31-23-15-5-4-6-16-23/h4-8,11-12,15-16,22,24H,3,9-10,13-14,17-19H2,1-2H3,(H,27,30)/t24-/m1/s1. The van der Waals surface area contributed by atoms with E-state index in [-0.39, 0.29) is 17.9 Å². The smallest absolute Gasteiger partial charge is 0.243 e. The van der Waals surface area contributed by atoms with Crippen molar-refractivity contribution in [2.45, 2.75) is 75.9 Å². The highest BCUT2D eigenvalue weighted by Gasteiger charge is 2.30. The van der Waals surface area contributed by atoms with Gasteiger partial charge in [-0.2, -0.15) is 0 Å². The van der Waals surface area contributed by atoms with E-state index in [2.05, 4.69) is 36.5 Å². The molecule has 31 heavy (non-hydrogen) atoms. The maximum Gasteiger partial charge on any atom is 0.243 e. The van der Waals surface area contributed by atoms with E-state index in [1.165, 1.54) is 12.8 Å². The lowest BCUT2D eigenvalue weighted by Crippen LogP contribution is -2.51. The first-order valence-electron chi connectivity index (χ1n) is 11.4. The summed E-state index contributed by atoms with van der Waals surface area (Å²) in [6.07, 6.45) is 5.46. The number of carbonyl (C=O) groups excluding carboxylic acids is 2. The van der Waals surface area contributed by atoms with E-state index < -0.39 is 6.04 Å². The number of nitrogens with zero attached hydrogens (tertiary/aromatic N) is 1. The molecule has 4 nitrogen and oxygen atoms in total. The maximum absolute atomic E-state index is 13.3. The number of rotatable bonds is 10. The van der Waals surface area contributed by atoms with Crippen molar-refractivity contribution < 1.29 is 9.59 Å². The average Bonchev–Trinajstić information content (AvgIpc) is 3.28. The molecule has 0 heterocycles. The van der Waals surface area contributed by atoms with Gasteiger partial charge in [0.2, 0.25) is 11.8 Å². The SMILES string of the molecule is CC[C@H](C(=O)NC1CCCC1)N(Cc1ccccc1C)C(=O)CCSc1ccccc1. The minimum absolute atomic E-state index is 0.00736. The van der Waals surface area contributed by atoms with Crippen LogP contribution in [0.25, 0.3) is 0 Å². The minimum Gasteiger partial charge on any atom is -0.352 e. The summed E-state index contributed by atoms with van der Waals surface area (Å²) in [5, 5.41) is 3.21. The zero-order chi connectivity index (χ0) is 22.1. The molecule has 1 fully saturated rings. The Morgan fingerprint density at radius 1 is 1.06 bits per heavy atom. The highest BCUT2D eigenvalue weighted by Crippen LogP contribution is 2.22. The molecule has 0 aliphatic heterocycles. The van der Waals surface area contributed by atoms with Crippen LogP contribution in [0.1, 0.15) is 56.6 Å². The third-order valence-corrected chi connectivity index (χ3v) is 7.03. The predicted octanol–water partition coefficient (Wildman–Crippen LogP) is 5.34. The molecular formula is C26H34N2O2S. The van der Waals surface area contributed by atoms with Crippen molar-refractivity contribution >= 4 is 23.6 Å². The first kappa shape index (κ1) is 23.4. The van der Waals surface area contributed by atoms with Gasteiger partial charge in [-0.15, -0.1) is 11.8 Å². The van der Waals surface area contributed by atoms with Gasteiger partial charge in [-0.3, -0.25) is 9.59 Å². The molecule has 1 saturated carbocycles. The lowest BCUT2D eigenvalue weighted by molar-refractivity contribution is -0.141. The number of aryl methyl sites for hydroxylation is 1. The average molecular weight is 439 g/mol. The van der Waals surface area contributed by atoms with Gasteiger partial charge in [0.15, 0.2) is 0 Å². The second kappa shape index (κ2) is 11.9. The zero-order valence-corrected chi connectivity index (χ0v) is 19.5. The third kappa shape index (κ3) is 6.86. The normalized spacial score (nSPS) is 14.9. The van der Waals surface area contributed by atoms with Gasteiger partial charge < -0.3 is 10.2 Å². The van der Waals surface area contributed by atoms with Crippen LogP contribution in [-0.4, -0.2) is 34.6 Å². The number of hydrogen-bond donors (Lipinski definition) is 1. The molecule has 0 saturated heterocycles. The van der Waals surface area contributed by atoms with Crippen molar-refractivity contribution in [3.05, 3.63) is 65.7 Å². The van der Waals surface area contributed by atoms with Gasteiger partial charge >= 0.3 is 0 Å². The van der Waals surface area contributed by atoms with Crippen molar-refractivity contribution in [3.63, 3.8) is 0 Å². The van der Waals surface area contributed by atoms with Crippen LogP contribution in [0.5, 0.6) is 0 Å². The number of carbonyl (C=O) groups is 2. The highest BCUT2D eigenvalue weighted by atomic mass is 32.2.